The van der Waals surface area contributed by atoms with Gasteiger partial charge in [-0.25, -0.2) is 0 Å². The van der Waals surface area contributed by atoms with Gasteiger partial charge in [0, 0.05) is 12.5 Å². The summed E-state index contributed by atoms with van der Waals surface area (Å²) in [5.74, 6) is 0.721. The third kappa shape index (κ3) is 5.18. The van der Waals surface area contributed by atoms with Gasteiger partial charge in [0.15, 0.2) is 5.78 Å². The molecule has 1 aliphatic rings. The SMILES string of the molecule is CC(=O)CCC1(C=O)C(=O)c2c(C)cc(OC(C)CCCc3ccccc3)cc2OC1(C)C. The van der Waals surface area contributed by atoms with Gasteiger partial charge < -0.3 is 19.1 Å². The number of hydrogen-bond donors (Lipinski definition) is 0. The van der Waals surface area contributed by atoms with Crippen molar-refractivity contribution in [2.24, 2.45) is 5.41 Å². The van der Waals surface area contributed by atoms with Crippen molar-refractivity contribution in [1.29, 1.82) is 0 Å². The van der Waals surface area contributed by atoms with Crippen LogP contribution in [-0.2, 0) is 16.0 Å². The second-order valence-electron chi connectivity index (χ2n) is 9.65. The number of hydrogen-bond acceptors (Lipinski definition) is 5. The van der Waals surface area contributed by atoms with E-state index in [0.29, 0.717) is 28.9 Å². The van der Waals surface area contributed by atoms with Crippen LogP contribution in [0.1, 0.15) is 74.9 Å². The standard InChI is InChI=1S/C28H34O5/c1-19-16-23(32-21(3)10-9-13-22-11-7-6-8-12-22)17-24-25(19)26(31)28(18-29,15-14-20(2)30)27(4,5)33-24/h6-8,11-12,16-18,21H,9-10,13-15H2,1-5H3. The van der Waals surface area contributed by atoms with Crippen LogP contribution in [0.5, 0.6) is 11.5 Å². The van der Waals surface area contributed by atoms with Crippen LogP contribution in [0.4, 0.5) is 0 Å². The molecule has 0 aliphatic carbocycles. The van der Waals surface area contributed by atoms with E-state index in [2.05, 4.69) is 12.1 Å². The Hall–Kier alpha value is -2.95. The molecule has 5 heteroatoms. The summed E-state index contributed by atoms with van der Waals surface area (Å²) in [5, 5.41) is 0. The monoisotopic (exact) mass is 450 g/mol. The molecule has 0 spiro atoms. The van der Waals surface area contributed by atoms with Crippen LogP contribution in [0.3, 0.4) is 0 Å². The Bertz CT molecular complexity index is 1020. The van der Waals surface area contributed by atoms with E-state index >= 15 is 0 Å². The highest BCUT2D eigenvalue weighted by molar-refractivity contribution is 6.13. The van der Waals surface area contributed by atoms with Gasteiger partial charge in [-0.1, -0.05) is 30.3 Å². The van der Waals surface area contributed by atoms with Gasteiger partial charge in [-0.2, -0.15) is 0 Å². The maximum Gasteiger partial charge on any atom is 0.184 e. The molecule has 0 bridgehead atoms. The molecule has 1 aliphatic heterocycles. The van der Waals surface area contributed by atoms with Crippen LogP contribution >= 0.6 is 0 Å². The predicted octanol–water partition coefficient (Wildman–Crippen LogP) is 5.69. The molecule has 1 heterocycles. The maximum absolute atomic E-state index is 13.6. The normalized spacial score (nSPS) is 19.8. The Morgan fingerprint density at radius 2 is 1.88 bits per heavy atom. The number of benzene rings is 2. The number of carbonyl (C=O) groups is 3. The quantitative estimate of drug-likeness (QED) is 0.343. The molecule has 0 radical (unpaired) electrons. The number of rotatable bonds is 10. The molecule has 2 aromatic carbocycles. The minimum Gasteiger partial charge on any atom is -0.491 e. The summed E-state index contributed by atoms with van der Waals surface area (Å²) >= 11 is 0. The molecule has 176 valence electrons. The Morgan fingerprint density at radius 3 is 2.52 bits per heavy atom. The van der Waals surface area contributed by atoms with Gasteiger partial charge in [-0.05, 0) is 77.5 Å². The first-order valence-electron chi connectivity index (χ1n) is 11.6. The van der Waals surface area contributed by atoms with Crippen molar-refractivity contribution in [1.82, 2.24) is 0 Å². The van der Waals surface area contributed by atoms with Crippen molar-refractivity contribution in [3.8, 4) is 11.5 Å². The van der Waals surface area contributed by atoms with Crippen molar-refractivity contribution >= 4 is 17.9 Å². The summed E-state index contributed by atoms with van der Waals surface area (Å²) in [4.78, 5) is 37.4. The fourth-order valence-corrected chi connectivity index (χ4v) is 4.60. The lowest BCUT2D eigenvalue weighted by Gasteiger charge is -2.46. The Kier molecular flexibility index (Phi) is 7.41. The largest absolute Gasteiger partial charge is 0.491 e. The van der Waals surface area contributed by atoms with Gasteiger partial charge in [0.2, 0.25) is 0 Å². The highest BCUT2D eigenvalue weighted by Gasteiger charge is 2.57. The average Bonchev–Trinajstić information content (AvgIpc) is 2.73. The second-order valence-corrected chi connectivity index (χ2v) is 9.65. The first-order valence-corrected chi connectivity index (χ1v) is 11.6. The fraction of sp³-hybridized carbons (Fsp3) is 0.464. The number of carbonyl (C=O) groups excluding carboxylic acids is 3. The van der Waals surface area contributed by atoms with Crippen LogP contribution in [0.15, 0.2) is 42.5 Å². The lowest BCUT2D eigenvalue weighted by atomic mass is 9.64. The molecule has 2 aromatic rings. The number of ether oxygens (including phenoxy) is 2. The average molecular weight is 451 g/mol. The maximum atomic E-state index is 13.6. The number of aryl methyl sites for hydroxylation is 2. The van der Waals surface area contributed by atoms with Crippen LogP contribution in [0.2, 0.25) is 0 Å². The van der Waals surface area contributed by atoms with Crippen LogP contribution in [-0.4, -0.2) is 29.6 Å². The molecule has 0 saturated heterocycles. The van der Waals surface area contributed by atoms with Gasteiger partial charge in [0.05, 0.1) is 11.7 Å². The van der Waals surface area contributed by atoms with Crippen molar-refractivity contribution < 1.29 is 23.9 Å². The summed E-state index contributed by atoms with van der Waals surface area (Å²) in [7, 11) is 0. The van der Waals surface area contributed by atoms with Crippen molar-refractivity contribution in [2.75, 3.05) is 0 Å². The second kappa shape index (κ2) is 9.90. The first kappa shape index (κ1) is 24.7. The highest BCUT2D eigenvalue weighted by Crippen LogP contribution is 2.48. The van der Waals surface area contributed by atoms with Crippen LogP contribution < -0.4 is 9.47 Å². The van der Waals surface area contributed by atoms with Gasteiger partial charge in [0.1, 0.15) is 34.6 Å². The Balaban J connectivity index is 1.77. The molecule has 0 fully saturated rings. The molecule has 0 amide bonds. The lowest BCUT2D eigenvalue weighted by molar-refractivity contribution is -0.126. The number of Topliss-reactive ketones (excluding diaryl/α,β-unsaturated/α-hetero) is 2. The topological polar surface area (TPSA) is 69.7 Å². The van der Waals surface area contributed by atoms with Crippen molar-refractivity contribution in [3.05, 3.63) is 59.2 Å². The highest BCUT2D eigenvalue weighted by atomic mass is 16.5. The van der Waals surface area contributed by atoms with E-state index in [1.165, 1.54) is 12.5 Å². The number of ketones is 2. The van der Waals surface area contributed by atoms with E-state index in [1.807, 2.05) is 38.1 Å². The van der Waals surface area contributed by atoms with Gasteiger partial charge in [-0.15, -0.1) is 0 Å². The molecule has 0 saturated carbocycles. The summed E-state index contributed by atoms with van der Waals surface area (Å²) in [5.41, 5.74) is -0.0704. The minimum atomic E-state index is -1.40. The zero-order valence-corrected chi connectivity index (χ0v) is 20.3. The molecule has 2 atom stereocenters. The predicted molar refractivity (Wildman–Crippen MR) is 128 cm³/mol. The van der Waals surface area contributed by atoms with E-state index in [0.717, 1.165) is 19.3 Å². The molecule has 5 nitrogen and oxygen atoms in total. The molecule has 0 N–H and O–H groups in total. The zero-order chi connectivity index (χ0) is 24.2. The summed E-state index contributed by atoms with van der Waals surface area (Å²) in [6, 6.07) is 13.9. The Morgan fingerprint density at radius 1 is 1.18 bits per heavy atom. The van der Waals surface area contributed by atoms with Gasteiger partial charge in [0.25, 0.3) is 0 Å². The molecule has 3 rings (SSSR count). The zero-order valence-electron chi connectivity index (χ0n) is 20.3. The van der Waals surface area contributed by atoms with E-state index in [9.17, 15) is 14.4 Å². The van der Waals surface area contributed by atoms with Gasteiger partial charge >= 0.3 is 0 Å². The lowest BCUT2D eigenvalue weighted by Crippen LogP contribution is -2.57. The summed E-state index contributed by atoms with van der Waals surface area (Å²) in [6.07, 6.45) is 3.85. The van der Waals surface area contributed by atoms with Crippen molar-refractivity contribution in [2.45, 2.75) is 78.4 Å². The Labute approximate surface area is 196 Å². The third-order valence-electron chi connectivity index (χ3n) is 6.67. The van der Waals surface area contributed by atoms with Crippen molar-refractivity contribution in [3.63, 3.8) is 0 Å². The first-order chi connectivity index (χ1) is 15.6. The molecular weight excluding hydrogens is 416 g/mol. The van der Waals surface area contributed by atoms with Crippen LogP contribution in [0, 0.1) is 12.3 Å². The van der Waals surface area contributed by atoms with E-state index in [1.54, 1.807) is 19.9 Å². The summed E-state index contributed by atoms with van der Waals surface area (Å²) in [6.45, 7) is 8.79. The number of aldehydes is 1. The molecular formula is C28H34O5. The minimum absolute atomic E-state index is 0.00287. The number of fused-ring (bicyclic) bond motifs is 1. The van der Waals surface area contributed by atoms with E-state index in [4.69, 9.17) is 9.47 Å². The molecule has 0 aromatic heterocycles. The van der Waals surface area contributed by atoms with E-state index < -0.39 is 11.0 Å². The fourth-order valence-electron chi connectivity index (χ4n) is 4.60. The van der Waals surface area contributed by atoms with Crippen LogP contribution in [0.25, 0.3) is 0 Å². The van der Waals surface area contributed by atoms with E-state index in [-0.39, 0.29) is 30.5 Å². The smallest absolute Gasteiger partial charge is 0.184 e. The molecule has 2 unspecified atom stereocenters. The summed E-state index contributed by atoms with van der Waals surface area (Å²) < 4.78 is 12.4. The third-order valence-corrected chi connectivity index (χ3v) is 6.67. The molecule has 33 heavy (non-hydrogen) atoms. The van der Waals surface area contributed by atoms with Gasteiger partial charge in [-0.3, -0.25) is 4.79 Å².